The van der Waals surface area contributed by atoms with E-state index in [1.54, 1.807) is 6.20 Å². The summed E-state index contributed by atoms with van der Waals surface area (Å²) < 4.78 is 38.8. The first kappa shape index (κ1) is 18.4. The van der Waals surface area contributed by atoms with Crippen molar-refractivity contribution in [3.63, 3.8) is 0 Å². The molecule has 0 saturated carbocycles. The molecule has 0 atom stereocenters. The zero-order valence-corrected chi connectivity index (χ0v) is 14.9. The molecule has 3 aromatic rings. The number of hydrogen-bond donors (Lipinski definition) is 1. The van der Waals surface area contributed by atoms with E-state index in [0.717, 1.165) is 44.1 Å². The van der Waals surface area contributed by atoms with Crippen LogP contribution in [0.25, 0.3) is 10.9 Å². The Labute approximate surface area is 158 Å². The number of rotatable bonds is 3. The third-order valence-corrected chi connectivity index (χ3v) is 4.80. The molecule has 6 nitrogen and oxygen atoms in total. The SMILES string of the molecule is O=c1[nH]c(CN2CCN(c3ccccn3)CC2)nc2cc(C(F)(F)F)ccc12. The van der Waals surface area contributed by atoms with Crippen molar-refractivity contribution < 1.29 is 13.2 Å². The topological polar surface area (TPSA) is 65.1 Å². The van der Waals surface area contributed by atoms with Crippen LogP contribution in [0.2, 0.25) is 0 Å². The van der Waals surface area contributed by atoms with Gasteiger partial charge in [-0.25, -0.2) is 9.97 Å². The van der Waals surface area contributed by atoms with Crippen molar-refractivity contribution in [1.82, 2.24) is 19.9 Å². The quantitative estimate of drug-likeness (QED) is 0.746. The van der Waals surface area contributed by atoms with Gasteiger partial charge in [-0.3, -0.25) is 9.69 Å². The number of aromatic nitrogens is 3. The van der Waals surface area contributed by atoms with Crippen LogP contribution in [0.5, 0.6) is 0 Å². The van der Waals surface area contributed by atoms with Crippen molar-refractivity contribution in [3.05, 3.63) is 64.3 Å². The second-order valence-corrected chi connectivity index (χ2v) is 6.69. The zero-order chi connectivity index (χ0) is 19.7. The lowest BCUT2D eigenvalue weighted by molar-refractivity contribution is -0.137. The summed E-state index contributed by atoms with van der Waals surface area (Å²) in [5, 5.41) is 0.150. The highest BCUT2D eigenvalue weighted by Crippen LogP contribution is 2.30. The average molecular weight is 389 g/mol. The Bertz CT molecular complexity index is 1030. The van der Waals surface area contributed by atoms with Crippen molar-refractivity contribution in [1.29, 1.82) is 0 Å². The van der Waals surface area contributed by atoms with Gasteiger partial charge in [-0.15, -0.1) is 0 Å². The molecule has 1 aliphatic heterocycles. The maximum Gasteiger partial charge on any atom is 0.416 e. The normalized spacial score (nSPS) is 15.9. The number of H-pyrrole nitrogens is 1. The number of fused-ring (bicyclic) bond motifs is 1. The third-order valence-electron chi connectivity index (χ3n) is 4.80. The van der Waals surface area contributed by atoms with Crippen molar-refractivity contribution >= 4 is 16.7 Å². The molecule has 0 radical (unpaired) electrons. The van der Waals surface area contributed by atoms with E-state index in [4.69, 9.17) is 0 Å². The second kappa shape index (κ2) is 7.23. The van der Waals surface area contributed by atoms with Crippen molar-refractivity contribution in [2.75, 3.05) is 31.1 Å². The van der Waals surface area contributed by atoms with Gasteiger partial charge in [0.1, 0.15) is 11.6 Å². The van der Waals surface area contributed by atoms with E-state index >= 15 is 0 Å². The number of aromatic amines is 1. The van der Waals surface area contributed by atoms with Crippen molar-refractivity contribution in [2.24, 2.45) is 0 Å². The van der Waals surface area contributed by atoms with E-state index in [2.05, 4.69) is 24.8 Å². The van der Waals surface area contributed by atoms with Gasteiger partial charge in [0.25, 0.3) is 5.56 Å². The molecule has 0 aliphatic carbocycles. The largest absolute Gasteiger partial charge is 0.416 e. The Morgan fingerprint density at radius 3 is 2.54 bits per heavy atom. The first-order chi connectivity index (χ1) is 13.4. The lowest BCUT2D eigenvalue weighted by Gasteiger charge is -2.35. The van der Waals surface area contributed by atoms with Crippen LogP contribution in [-0.4, -0.2) is 46.0 Å². The predicted octanol–water partition coefficient (Wildman–Crippen LogP) is 2.66. The van der Waals surface area contributed by atoms with Gasteiger partial charge in [0.2, 0.25) is 0 Å². The number of hydrogen-bond acceptors (Lipinski definition) is 5. The smallest absolute Gasteiger partial charge is 0.354 e. The highest BCUT2D eigenvalue weighted by Gasteiger charge is 2.30. The minimum absolute atomic E-state index is 0.0562. The van der Waals surface area contributed by atoms with Gasteiger partial charge >= 0.3 is 6.18 Å². The monoisotopic (exact) mass is 389 g/mol. The molecule has 1 saturated heterocycles. The lowest BCUT2D eigenvalue weighted by Crippen LogP contribution is -2.46. The van der Waals surface area contributed by atoms with Crippen LogP contribution in [0.15, 0.2) is 47.4 Å². The fourth-order valence-corrected chi connectivity index (χ4v) is 3.33. The summed E-state index contributed by atoms with van der Waals surface area (Å²) in [5.74, 6) is 1.28. The first-order valence-electron chi connectivity index (χ1n) is 8.89. The molecule has 2 aromatic heterocycles. The van der Waals surface area contributed by atoms with Crippen molar-refractivity contribution in [3.8, 4) is 0 Å². The van der Waals surface area contributed by atoms with Crippen LogP contribution in [0.1, 0.15) is 11.4 Å². The Kier molecular flexibility index (Phi) is 4.76. The second-order valence-electron chi connectivity index (χ2n) is 6.69. The number of anilines is 1. The van der Waals surface area contributed by atoms with Crippen LogP contribution < -0.4 is 10.5 Å². The molecular formula is C19H18F3N5O. The molecule has 3 heterocycles. The summed E-state index contributed by atoms with van der Waals surface area (Å²) in [6, 6.07) is 8.75. The van der Waals surface area contributed by atoms with Crippen LogP contribution in [0.4, 0.5) is 19.0 Å². The minimum Gasteiger partial charge on any atom is -0.354 e. The lowest BCUT2D eigenvalue weighted by atomic mass is 10.1. The van der Waals surface area contributed by atoms with Crippen LogP contribution in [0, 0.1) is 0 Å². The zero-order valence-electron chi connectivity index (χ0n) is 14.9. The van der Waals surface area contributed by atoms with Gasteiger partial charge < -0.3 is 9.88 Å². The average Bonchev–Trinajstić information content (AvgIpc) is 2.68. The summed E-state index contributed by atoms with van der Waals surface area (Å²) in [5.41, 5.74) is -1.19. The molecule has 9 heteroatoms. The highest BCUT2D eigenvalue weighted by atomic mass is 19.4. The summed E-state index contributed by atoms with van der Waals surface area (Å²) in [6.45, 7) is 3.39. The molecular weight excluding hydrogens is 371 g/mol. The molecule has 0 bridgehead atoms. The molecule has 1 aliphatic rings. The molecule has 0 unspecified atom stereocenters. The van der Waals surface area contributed by atoms with E-state index in [-0.39, 0.29) is 10.9 Å². The van der Waals surface area contributed by atoms with E-state index in [9.17, 15) is 18.0 Å². The van der Waals surface area contributed by atoms with Gasteiger partial charge in [0.15, 0.2) is 0 Å². The fourth-order valence-electron chi connectivity index (χ4n) is 3.33. The molecule has 1 fully saturated rings. The number of piperazine rings is 1. The summed E-state index contributed by atoms with van der Waals surface area (Å²) in [7, 11) is 0. The van der Waals surface area contributed by atoms with Gasteiger partial charge in [0.05, 0.1) is 23.0 Å². The van der Waals surface area contributed by atoms with Crippen LogP contribution in [0.3, 0.4) is 0 Å². The summed E-state index contributed by atoms with van der Waals surface area (Å²) in [6.07, 6.45) is -2.72. The van der Waals surface area contributed by atoms with Gasteiger partial charge in [-0.05, 0) is 30.3 Å². The molecule has 146 valence electrons. The fraction of sp³-hybridized carbons (Fsp3) is 0.316. The van der Waals surface area contributed by atoms with Crippen LogP contribution >= 0.6 is 0 Å². The van der Waals surface area contributed by atoms with E-state index in [0.29, 0.717) is 12.4 Å². The summed E-state index contributed by atoms with van der Waals surface area (Å²) in [4.78, 5) is 27.8. The van der Waals surface area contributed by atoms with E-state index < -0.39 is 17.3 Å². The van der Waals surface area contributed by atoms with Crippen molar-refractivity contribution in [2.45, 2.75) is 12.7 Å². The number of halogens is 3. The Balaban J connectivity index is 1.50. The molecule has 0 amide bonds. The molecule has 4 rings (SSSR count). The molecule has 1 N–H and O–H groups in total. The standard InChI is InChI=1S/C19H18F3N5O/c20-19(21,22)13-4-5-14-15(11-13)24-16(25-18(14)28)12-26-7-9-27(10-8-26)17-3-1-2-6-23-17/h1-6,11H,7-10,12H2,(H,24,25,28). The first-order valence-corrected chi connectivity index (χ1v) is 8.89. The van der Waals surface area contributed by atoms with Gasteiger partial charge in [-0.1, -0.05) is 6.07 Å². The highest BCUT2D eigenvalue weighted by molar-refractivity contribution is 5.78. The number of nitrogens with one attached hydrogen (secondary N) is 1. The third kappa shape index (κ3) is 3.84. The number of nitrogens with zero attached hydrogens (tertiary/aromatic N) is 4. The maximum absolute atomic E-state index is 12.9. The molecule has 1 aromatic carbocycles. The number of alkyl halides is 3. The maximum atomic E-state index is 12.9. The summed E-state index contributed by atoms with van der Waals surface area (Å²) >= 11 is 0. The Hall–Kier alpha value is -2.94. The Morgan fingerprint density at radius 2 is 1.86 bits per heavy atom. The molecule has 0 spiro atoms. The van der Waals surface area contributed by atoms with Gasteiger partial charge in [0, 0.05) is 32.4 Å². The predicted molar refractivity (Wildman–Crippen MR) is 99.1 cm³/mol. The van der Waals surface area contributed by atoms with Crippen LogP contribution in [-0.2, 0) is 12.7 Å². The molecule has 28 heavy (non-hydrogen) atoms. The van der Waals surface area contributed by atoms with Gasteiger partial charge in [-0.2, -0.15) is 13.2 Å². The van der Waals surface area contributed by atoms with E-state index in [1.807, 2.05) is 18.2 Å². The number of pyridine rings is 1. The van der Waals surface area contributed by atoms with E-state index in [1.165, 1.54) is 6.07 Å². The minimum atomic E-state index is -4.47. The Morgan fingerprint density at radius 1 is 1.07 bits per heavy atom. The number of benzene rings is 1.